The summed E-state index contributed by atoms with van der Waals surface area (Å²) in [5, 5.41) is 6.72. The maximum Gasteiger partial charge on any atom is 0.137 e. The third kappa shape index (κ3) is 2.93. The van der Waals surface area contributed by atoms with Gasteiger partial charge in [-0.3, -0.25) is 4.68 Å². The van der Waals surface area contributed by atoms with Crippen molar-refractivity contribution in [2.75, 3.05) is 11.4 Å². The number of para-hydroxylation sites is 2. The third-order valence-electron chi connectivity index (χ3n) is 4.89. The van der Waals surface area contributed by atoms with Crippen molar-refractivity contribution in [3.8, 4) is 0 Å². The van der Waals surface area contributed by atoms with E-state index in [9.17, 15) is 0 Å². The summed E-state index contributed by atoms with van der Waals surface area (Å²) in [5.41, 5.74) is 4.65. The van der Waals surface area contributed by atoms with Gasteiger partial charge in [-0.05, 0) is 36.4 Å². The Labute approximate surface area is 156 Å². The minimum Gasteiger partial charge on any atom is -0.355 e. The number of nitrogens with one attached hydrogen (secondary N) is 1. The monoisotopic (exact) mass is 353 g/mol. The molecule has 5 heteroatoms. The lowest BCUT2D eigenvalue weighted by molar-refractivity contribution is 0.617. The lowest BCUT2D eigenvalue weighted by atomic mass is 10.1. The minimum atomic E-state index is 0.765. The van der Waals surface area contributed by atoms with E-state index < -0.39 is 0 Å². The van der Waals surface area contributed by atoms with Gasteiger partial charge in [0.25, 0.3) is 0 Å². The molecule has 0 fully saturated rings. The predicted octanol–water partition coefficient (Wildman–Crippen LogP) is 4.75. The summed E-state index contributed by atoms with van der Waals surface area (Å²) in [4.78, 5) is 9.86. The highest BCUT2D eigenvalue weighted by Gasteiger charge is 2.12. The summed E-state index contributed by atoms with van der Waals surface area (Å²) in [6, 6.07) is 25.5. The van der Waals surface area contributed by atoms with Gasteiger partial charge in [0.15, 0.2) is 0 Å². The molecule has 5 nitrogen and oxygen atoms in total. The first-order chi connectivity index (χ1) is 13.4. The van der Waals surface area contributed by atoms with E-state index in [2.05, 4.69) is 86.7 Å². The molecule has 0 amide bonds. The highest BCUT2D eigenvalue weighted by molar-refractivity contribution is 6.08. The van der Waals surface area contributed by atoms with Crippen molar-refractivity contribution in [3.05, 3.63) is 85.5 Å². The van der Waals surface area contributed by atoms with E-state index in [1.165, 1.54) is 22.0 Å². The van der Waals surface area contributed by atoms with Gasteiger partial charge in [0.05, 0.1) is 6.54 Å². The van der Waals surface area contributed by atoms with Crippen LogP contribution in [0.2, 0.25) is 0 Å². The van der Waals surface area contributed by atoms with Gasteiger partial charge in [-0.2, -0.15) is 5.10 Å². The van der Waals surface area contributed by atoms with E-state index in [0.717, 1.165) is 24.3 Å². The molecular weight excluding hydrogens is 334 g/mol. The number of hydrogen-bond donors (Lipinski definition) is 1. The first kappa shape index (κ1) is 15.6. The van der Waals surface area contributed by atoms with Crippen LogP contribution in [-0.2, 0) is 6.54 Å². The Kier molecular flexibility index (Phi) is 3.83. The summed E-state index contributed by atoms with van der Waals surface area (Å²) < 4.78 is 1.86. The molecule has 0 saturated heterocycles. The molecule has 2 heterocycles. The van der Waals surface area contributed by atoms with Crippen molar-refractivity contribution in [2.24, 2.45) is 0 Å². The van der Waals surface area contributed by atoms with Crippen molar-refractivity contribution >= 4 is 33.2 Å². The highest BCUT2D eigenvalue weighted by Crippen LogP contribution is 2.32. The first-order valence-corrected chi connectivity index (χ1v) is 9.04. The van der Waals surface area contributed by atoms with E-state index in [-0.39, 0.29) is 0 Å². The second-order valence-electron chi connectivity index (χ2n) is 6.55. The largest absolute Gasteiger partial charge is 0.355 e. The van der Waals surface area contributed by atoms with Crippen LogP contribution < -0.4 is 4.90 Å². The topological polar surface area (TPSA) is 49.7 Å². The maximum atomic E-state index is 4.23. The molecule has 5 aromatic rings. The van der Waals surface area contributed by atoms with E-state index >= 15 is 0 Å². The Bertz CT molecular complexity index is 1180. The third-order valence-corrected chi connectivity index (χ3v) is 4.89. The number of benzene rings is 3. The summed E-state index contributed by atoms with van der Waals surface area (Å²) in [5.74, 6) is 0. The van der Waals surface area contributed by atoms with Crippen LogP contribution in [-0.4, -0.2) is 26.3 Å². The fraction of sp³-hybridized carbons (Fsp3) is 0.0909. The molecule has 0 aliphatic heterocycles. The number of nitrogens with zero attached hydrogens (tertiary/aromatic N) is 4. The molecule has 0 bridgehead atoms. The lowest BCUT2D eigenvalue weighted by Crippen LogP contribution is -2.22. The van der Waals surface area contributed by atoms with Gasteiger partial charge < -0.3 is 9.88 Å². The molecule has 27 heavy (non-hydrogen) atoms. The van der Waals surface area contributed by atoms with Gasteiger partial charge in [-0.1, -0.05) is 36.4 Å². The van der Waals surface area contributed by atoms with Gasteiger partial charge in [-0.15, -0.1) is 0 Å². The van der Waals surface area contributed by atoms with Gasteiger partial charge in [0.1, 0.15) is 12.7 Å². The molecule has 2 aromatic heterocycles. The minimum absolute atomic E-state index is 0.765. The van der Waals surface area contributed by atoms with Crippen molar-refractivity contribution in [2.45, 2.75) is 6.54 Å². The molecule has 0 saturated carbocycles. The SMILES string of the molecule is c1ccc(N(CCn2cncn2)c2ccc3[nH]c4ccccc4c3c2)cc1. The quantitative estimate of drug-likeness (QED) is 0.496. The van der Waals surface area contributed by atoms with Crippen molar-refractivity contribution < 1.29 is 0 Å². The molecule has 3 aromatic carbocycles. The molecule has 0 radical (unpaired) electrons. The number of rotatable bonds is 5. The maximum absolute atomic E-state index is 4.23. The van der Waals surface area contributed by atoms with Crippen LogP contribution in [0.1, 0.15) is 0 Å². The molecular formula is C22H19N5. The molecule has 5 rings (SSSR count). The van der Waals surface area contributed by atoms with Crippen molar-refractivity contribution in [1.29, 1.82) is 0 Å². The van der Waals surface area contributed by atoms with Crippen LogP contribution >= 0.6 is 0 Å². The second-order valence-corrected chi connectivity index (χ2v) is 6.55. The fourth-order valence-corrected chi connectivity index (χ4v) is 3.57. The first-order valence-electron chi connectivity index (χ1n) is 9.04. The molecule has 0 spiro atoms. The number of H-pyrrole nitrogens is 1. The van der Waals surface area contributed by atoms with Gasteiger partial charge in [0, 0.05) is 39.7 Å². The smallest absolute Gasteiger partial charge is 0.137 e. The van der Waals surface area contributed by atoms with Crippen LogP contribution in [0, 0.1) is 0 Å². The summed E-state index contributed by atoms with van der Waals surface area (Å²) in [6.07, 6.45) is 3.33. The number of aromatic amines is 1. The Hall–Kier alpha value is -3.60. The average molecular weight is 353 g/mol. The normalized spacial score (nSPS) is 11.3. The van der Waals surface area contributed by atoms with E-state index in [1.807, 2.05) is 10.7 Å². The predicted molar refractivity (Wildman–Crippen MR) is 109 cm³/mol. The van der Waals surface area contributed by atoms with Crippen LogP contribution in [0.4, 0.5) is 11.4 Å². The summed E-state index contributed by atoms with van der Waals surface area (Å²) >= 11 is 0. The van der Waals surface area contributed by atoms with Gasteiger partial charge in [-0.25, -0.2) is 4.98 Å². The number of aromatic nitrogens is 4. The average Bonchev–Trinajstić information content (AvgIpc) is 3.36. The number of hydrogen-bond acceptors (Lipinski definition) is 3. The van der Waals surface area contributed by atoms with E-state index in [4.69, 9.17) is 0 Å². The van der Waals surface area contributed by atoms with Crippen LogP contribution in [0.15, 0.2) is 85.5 Å². The van der Waals surface area contributed by atoms with E-state index in [0.29, 0.717) is 0 Å². The zero-order valence-corrected chi connectivity index (χ0v) is 14.8. The molecule has 1 N–H and O–H groups in total. The molecule has 0 aliphatic rings. The van der Waals surface area contributed by atoms with E-state index in [1.54, 1.807) is 12.7 Å². The number of fused-ring (bicyclic) bond motifs is 3. The summed E-state index contributed by atoms with van der Waals surface area (Å²) in [6.45, 7) is 1.57. The highest BCUT2D eigenvalue weighted by atomic mass is 15.3. The van der Waals surface area contributed by atoms with Crippen LogP contribution in [0.5, 0.6) is 0 Å². The molecule has 0 unspecified atom stereocenters. The second kappa shape index (κ2) is 6.61. The molecule has 132 valence electrons. The summed E-state index contributed by atoms with van der Waals surface area (Å²) in [7, 11) is 0. The molecule has 0 atom stereocenters. The van der Waals surface area contributed by atoms with Crippen molar-refractivity contribution in [1.82, 2.24) is 19.7 Å². The Morgan fingerprint density at radius 2 is 1.63 bits per heavy atom. The zero-order valence-electron chi connectivity index (χ0n) is 14.8. The van der Waals surface area contributed by atoms with Crippen LogP contribution in [0.3, 0.4) is 0 Å². The van der Waals surface area contributed by atoms with Gasteiger partial charge in [0.2, 0.25) is 0 Å². The Morgan fingerprint density at radius 3 is 2.48 bits per heavy atom. The molecule has 0 aliphatic carbocycles. The Morgan fingerprint density at radius 1 is 0.815 bits per heavy atom. The number of anilines is 2. The lowest BCUT2D eigenvalue weighted by Gasteiger charge is -2.25. The Balaban J connectivity index is 1.58. The van der Waals surface area contributed by atoms with Crippen molar-refractivity contribution in [3.63, 3.8) is 0 Å². The van der Waals surface area contributed by atoms with Gasteiger partial charge >= 0.3 is 0 Å². The fourth-order valence-electron chi connectivity index (χ4n) is 3.57. The van der Waals surface area contributed by atoms with Crippen LogP contribution in [0.25, 0.3) is 21.8 Å². The standard InChI is InChI=1S/C22H19N5/c1-2-6-17(7-3-1)27(13-12-26-16-23-15-24-26)18-10-11-22-20(14-18)19-8-4-5-9-21(19)25-22/h1-11,14-16,25H,12-13H2. The zero-order chi connectivity index (χ0) is 18.1.